The van der Waals surface area contributed by atoms with Gasteiger partial charge in [-0.05, 0) is 68.6 Å². The Hall–Kier alpha value is -3.73. The van der Waals surface area contributed by atoms with E-state index in [1.807, 2.05) is 16.7 Å². The van der Waals surface area contributed by atoms with Crippen LogP contribution in [0.15, 0.2) is 48.5 Å². The quantitative estimate of drug-likeness (QED) is 0.296. The topological polar surface area (TPSA) is 98.9 Å². The summed E-state index contributed by atoms with van der Waals surface area (Å²) in [6.45, 7) is 3.89. The molecule has 3 aliphatic rings. The minimum Gasteiger partial charge on any atom is -0.485 e. The summed E-state index contributed by atoms with van der Waals surface area (Å²) in [5, 5.41) is 9.81. The number of para-hydroxylation sites is 1. The number of fused-ring (bicyclic) bond motifs is 2. The van der Waals surface area contributed by atoms with Crippen LogP contribution in [0.1, 0.15) is 58.7 Å². The first-order valence-electron chi connectivity index (χ1n) is 14.2. The van der Waals surface area contributed by atoms with Gasteiger partial charge in [0.15, 0.2) is 28.9 Å². The molecular formula is C31H30ClFN4O5. The van der Waals surface area contributed by atoms with Crippen molar-refractivity contribution in [1.82, 2.24) is 19.4 Å². The number of hydrogen-bond acceptors (Lipinski definition) is 7. The second kappa shape index (κ2) is 11.2. The highest BCUT2D eigenvalue weighted by molar-refractivity contribution is 6.30. The molecule has 9 nitrogen and oxygen atoms in total. The average molecular weight is 593 g/mol. The fourth-order valence-corrected chi connectivity index (χ4v) is 6.22. The van der Waals surface area contributed by atoms with Crippen LogP contribution >= 0.6 is 11.6 Å². The van der Waals surface area contributed by atoms with E-state index in [4.69, 9.17) is 30.8 Å². The number of nitrogens with zero attached hydrogens (tertiary/aromatic N) is 4. The molecule has 2 fully saturated rings. The Kier molecular flexibility index (Phi) is 7.21. The summed E-state index contributed by atoms with van der Waals surface area (Å²) in [6, 6.07) is 13.8. The number of carboxylic acid groups (broad SMARTS) is 1. The lowest BCUT2D eigenvalue weighted by molar-refractivity contribution is -0.0593. The van der Waals surface area contributed by atoms with E-state index in [0.717, 1.165) is 50.3 Å². The lowest BCUT2D eigenvalue weighted by atomic mass is 9.88. The Bertz CT molecular complexity index is 1650. The van der Waals surface area contributed by atoms with Gasteiger partial charge in [-0.1, -0.05) is 29.8 Å². The number of piperidine rings is 1. The van der Waals surface area contributed by atoms with Crippen LogP contribution in [-0.2, 0) is 17.8 Å². The Balaban J connectivity index is 1.07. The van der Waals surface area contributed by atoms with Crippen molar-refractivity contribution in [3.8, 4) is 11.5 Å². The zero-order chi connectivity index (χ0) is 28.8. The number of ether oxygens (including phenoxy) is 3. The first-order chi connectivity index (χ1) is 20.4. The van der Waals surface area contributed by atoms with Gasteiger partial charge in [-0.3, -0.25) is 4.90 Å². The maximum atomic E-state index is 14.7. The van der Waals surface area contributed by atoms with Gasteiger partial charge in [0.1, 0.15) is 23.8 Å². The molecule has 3 aliphatic heterocycles. The summed E-state index contributed by atoms with van der Waals surface area (Å²) >= 11 is 5.95. The third kappa shape index (κ3) is 5.19. The van der Waals surface area contributed by atoms with Crippen molar-refractivity contribution in [2.75, 3.05) is 26.3 Å². The molecule has 42 heavy (non-hydrogen) atoms. The fraction of sp³-hybridized carbons (Fsp3) is 0.387. The predicted octanol–water partition coefficient (Wildman–Crippen LogP) is 5.60. The van der Waals surface area contributed by atoms with Crippen LogP contribution in [0.4, 0.5) is 4.39 Å². The SMILES string of the molecule is O=C(O)c1ccc2nc(CN3CCC(c4cccc5c4O[C@H](c4ccc(Cl)cc4F)CO5)CC3)n(C[C@@H]3CCO3)c2n1. The number of aromatic carboxylic acids is 1. The summed E-state index contributed by atoms with van der Waals surface area (Å²) in [6.07, 6.45) is 2.31. The number of benzene rings is 2. The molecular weight excluding hydrogens is 563 g/mol. The van der Waals surface area contributed by atoms with Crippen molar-refractivity contribution in [3.63, 3.8) is 0 Å². The number of aromatic nitrogens is 3. The second-order valence-electron chi connectivity index (χ2n) is 11.1. The number of pyridine rings is 1. The number of halogens is 2. The monoisotopic (exact) mass is 592 g/mol. The number of imidazole rings is 1. The summed E-state index contributed by atoms with van der Waals surface area (Å²) in [4.78, 5) is 23.2. The van der Waals surface area contributed by atoms with Crippen molar-refractivity contribution in [2.24, 2.45) is 0 Å². The van der Waals surface area contributed by atoms with Gasteiger partial charge in [0, 0.05) is 22.8 Å². The summed E-state index contributed by atoms with van der Waals surface area (Å²) in [7, 11) is 0. The van der Waals surface area contributed by atoms with Crippen molar-refractivity contribution in [2.45, 2.75) is 50.5 Å². The number of hydrogen-bond donors (Lipinski definition) is 1. The first kappa shape index (κ1) is 27.1. The van der Waals surface area contributed by atoms with E-state index in [0.29, 0.717) is 46.3 Å². The van der Waals surface area contributed by atoms with E-state index in [1.54, 1.807) is 18.2 Å². The standard InChI is InChI=1S/C31H30ClFN4O5/c32-19-4-5-22(23(33)14-19)27-17-41-26-3-1-2-21(29(26)42-27)18-8-11-36(12-9-18)16-28-34-24-6-7-25(31(38)39)35-30(24)37(28)15-20-10-13-40-20/h1-7,14,18,20,27H,8-13,15-17H2,(H,38,39)/t20-,27-/m0/s1. The molecule has 4 aromatic rings. The summed E-state index contributed by atoms with van der Waals surface area (Å²) in [5.74, 6) is 1.01. The van der Waals surface area contributed by atoms with Gasteiger partial charge in [0.05, 0.1) is 19.2 Å². The molecule has 0 unspecified atom stereocenters. The zero-order valence-electron chi connectivity index (χ0n) is 22.8. The maximum Gasteiger partial charge on any atom is 0.354 e. The summed E-state index contributed by atoms with van der Waals surface area (Å²) < 4.78 is 34.8. The van der Waals surface area contributed by atoms with Crippen LogP contribution in [0.3, 0.4) is 0 Å². The van der Waals surface area contributed by atoms with E-state index in [-0.39, 0.29) is 24.3 Å². The number of rotatable bonds is 7. The molecule has 0 amide bonds. The smallest absolute Gasteiger partial charge is 0.354 e. The van der Waals surface area contributed by atoms with E-state index in [2.05, 4.69) is 16.0 Å². The third-order valence-electron chi connectivity index (χ3n) is 8.43. The Morgan fingerprint density at radius 3 is 2.64 bits per heavy atom. The average Bonchev–Trinajstić information content (AvgIpc) is 3.30. The highest BCUT2D eigenvalue weighted by atomic mass is 35.5. The van der Waals surface area contributed by atoms with Crippen molar-refractivity contribution < 1.29 is 28.5 Å². The van der Waals surface area contributed by atoms with Gasteiger partial charge in [-0.2, -0.15) is 0 Å². The van der Waals surface area contributed by atoms with Crippen molar-refractivity contribution in [3.05, 3.63) is 82.0 Å². The van der Waals surface area contributed by atoms with E-state index < -0.39 is 17.9 Å². The van der Waals surface area contributed by atoms with Crippen LogP contribution in [-0.4, -0.2) is 62.9 Å². The molecule has 2 aromatic carbocycles. The highest BCUT2D eigenvalue weighted by Gasteiger charge is 2.31. The minimum absolute atomic E-state index is 0.00368. The van der Waals surface area contributed by atoms with Gasteiger partial charge in [0.25, 0.3) is 0 Å². The van der Waals surface area contributed by atoms with Gasteiger partial charge < -0.3 is 23.9 Å². The van der Waals surface area contributed by atoms with Crippen molar-refractivity contribution >= 4 is 28.7 Å². The molecule has 2 atom stereocenters. The normalized spacial score (nSPS) is 20.9. The minimum atomic E-state index is -1.06. The fourth-order valence-electron chi connectivity index (χ4n) is 6.07. The molecule has 218 valence electrons. The molecule has 5 heterocycles. The molecule has 0 spiro atoms. The van der Waals surface area contributed by atoms with E-state index >= 15 is 0 Å². The van der Waals surface area contributed by atoms with Crippen LogP contribution < -0.4 is 9.47 Å². The molecule has 1 N–H and O–H groups in total. The Morgan fingerprint density at radius 1 is 1.07 bits per heavy atom. The number of carbonyl (C=O) groups is 1. The van der Waals surface area contributed by atoms with Crippen LogP contribution in [0.2, 0.25) is 5.02 Å². The van der Waals surface area contributed by atoms with E-state index in [1.165, 1.54) is 12.1 Å². The third-order valence-corrected chi connectivity index (χ3v) is 8.67. The molecule has 2 saturated heterocycles. The molecule has 0 bridgehead atoms. The molecule has 7 rings (SSSR count). The largest absolute Gasteiger partial charge is 0.485 e. The Morgan fingerprint density at radius 2 is 1.90 bits per heavy atom. The molecule has 0 aliphatic carbocycles. The summed E-state index contributed by atoms with van der Waals surface area (Å²) in [5.41, 5.74) is 2.77. The second-order valence-corrected chi connectivity index (χ2v) is 11.5. The first-order valence-corrected chi connectivity index (χ1v) is 14.6. The molecule has 11 heteroatoms. The van der Waals surface area contributed by atoms with Crippen LogP contribution in [0, 0.1) is 5.82 Å². The molecule has 2 aromatic heterocycles. The maximum absolute atomic E-state index is 14.7. The van der Waals surface area contributed by atoms with Crippen LogP contribution in [0.25, 0.3) is 11.2 Å². The Labute approximate surface area is 246 Å². The van der Waals surface area contributed by atoms with Gasteiger partial charge in [0.2, 0.25) is 0 Å². The predicted molar refractivity (Wildman–Crippen MR) is 153 cm³/mol. The van der Waals surface area contributed by atoms with Gasteiger partial charge >= 0.3 is 5.97 Å². The molecule has 0 radical (unpaired) electrons. The highest BCUT2D eigenvalue weighted by Crippen LogP contribution is 2.45. The lowest BCUT2D eigenvalue weighted by Gasteiger charge is -2.35. The van der Waals surface area contributed by atoms with Gasteiger partial charge in [-0.15, -0.1) is 0 Å². The lowest BCUT2D eigenvalue weighted by Crippen LogP contribution is -2.35. The molecule has 0 saturated carbocycles. The zero-order valence-corrected chi connectivity index (χ0v) is 23.6. The van der Waals surface area contributed by atoms with Crippen LogP contribution in [0.5, 0.6) is 11.5 Å². The van der Waals surface area contributed by atoms with Gasteiger partial charge in [-0.25, -0.2) is 19.2 Å². The van der Waals surface area contributed by atoms with E-state index in [9.17, 15) is 14.3 Å². The van der Waals surface area contributed by atoms with Crippen molar-refractivity contribution in [1.29, 1.82) is 0 Å². The number of carboxylic acids is 1. The number of likely N-dealkylation sites (tertiary alicyclic amines) is 1.